The highest BCUT2D eigenvalue weighted by Crippen LogP contribution is 2.35. The molecule has 1 unspecified atom stereocenters. The maximum atomic E-state index is 13.0. The molecule has 4 heterocycles. The van der Waals surface area contributed by atoms with E-state index in [1.165, 1.54) is 9.75 Å². The molecule has 7 heteroatoms. The average Bonchev–Trinajstić information content (AvgIpc) is 3.49. The third-order valence-corrected chi connectivity index (χ3v) is 6.99. The summed E-state index contributed by atoms with van der Waals surface area (Å²) in [6.45, 7) is 7.68. The van der Waals surface area contributed by atoms with Crippen molar-refractivity contribution in [2.24, 2.45) is 0 Å². The van der Waals surface area contributed by atoms with Crippen LogP contribution in [0.1, 0.15) is 51.2 Å². The first-order valence-corrected chi connectivity index (χ1v) is 11.0. The number of aryl methyl sites for hydroxylation is 1. The van der Waals surface area contributed by atoms with Gasteiger partial charge in [-0.25, -0.2) is 0 Å². The lowest BCUT2D eigenvalue weighted by Gasteiger charge is -2.23. The molecule has 1 amide bonds. The van der Waals surface area contributed by atoms with Gasteiger partial charge in [0.1, 0.15) is 17.6 Å². The molecule has 3 aromatic heterocycles. The minimum Gasteiger partial charge on any atom is -0.467 e. The number of hydrogen-bond donors (Lipinski definition) is 1. The van der Waals surface area contributed by atoms with Gasteiger partial charge in [-0.3, -0.25) is 9.69 Å². The largest absolute Gasteiger partial charge is 0.467 e. The van der Waals surface area contributed by atoms with Crippen LogP contribution in [0.25, 0.3) is 0 Å². The van der Waals surface area contributed by atoms with E-state index in [1.54, 1.807) is 17.6 Å². The zero-order valence-corrected chi connectivity index (χ0v) is 18.4. The molecule has 1 saturated heterocycles. The van der Waals surface area contributed by atoms with E-state index in [2.05, 4.69) is 35.3 Å². The molecule has 0 spiro atoms. The molecule has 1 fully saturated rings. The Kier molecular flexibility index (Phi) is 5.80. The summed E-state index contributed by atoms with van der Waals surface area (Å²) in [6, 6.07) is 10.6. The molecule has 0 aliphatic carbocycles. The predicted molar refractivity (Wildman–Crippen MR) is 118 cm³/mol. The van der Waals surface area contributed by atoms with Gasteiger partial charge in [0.05, 0.1) is 24.9 Å². The molecule has 0 aromatic carbocycles. The number of carbonyl (C=O) groups is 1. The summed E-state index contributed by atoms with van der Waals surface area (Å²) >= 11 is 1.80. The Labute approximate surface area is 180 Å². The van der Waals surface area contributed by atoms with Crippen LogP contribution in [0.3, 0.4) is 0 Å². The van der Waals surface area contributed by atoms with Gasteiger partial charge in [0.2, 0.25) is 5.91 Å². The number of amides is 1. The van der Waals surface area contributed by atoms with E-state index in [-0.39, 0.29) is 5.91 Å². The first-order chi connectivity index (χ1) is 14.5. The zero-order chi connectivity index (χ0) is 21.3. The van der Waals surface area contributed by atoms with Crippen molar-refractivity contribution in [2.75, 3.05) is 18.4 Å². The van der Waals surface area contributed by atoms with Crippen molar-refractivity contribution in [1.29, 1.82) is 5.26 Å². The maximum absolute atomic E-state index is 13.0. The van der Waals surface area contributed by atoms with Crippen LogP contribution < -0.4 is 5.32 Å². The molecule has 156 valence electrons. The van der Waals surface area contributed by atoms with Crippen molar-refractivity contribution in [1.82, 2.24) is 9.47 Å². The lowest BCUT2D eigenvalue weighted by Crippen LogP contribution is -2.33. The van der Waals surface area contributed by atoms with Gasteiger partial charge in [-0.1, -0.05) is 0 Å². The van der Waals surface area contributed by atoms with Crippen molar-refractivity contribution < 1.29 is 9.21 Å². The number of likely N-dealkylation sites (tertiary alicyclic amines) is 1. The molecule has 1 aliphatic rings. The minimum atomic E-state index is -0.0927. The number of nitrogens with one attached hydrogen (secondary N) is 1. The molecular weight excluding hydrogens is 396 g/mol. The maximum Gasteiger partial charge on any atom is 0.239 e. The normalized spacial score (nSPS) is 16.7. The van der Waals surface area contributed by atoms with Gasteiger partial charge < -0.3 is 14.3 Å². The second-order valence-electron chi connectivity index (χ2n) is 7.84. The molecule has 1 atom stereocenters. The van der Waals surface area contributed by atoms with Crippen molar-refractivity contribution in [3.63, 3.8) is 0 Å². The number of nitrogens with zero attached hydrogens (tertiary/aromatic N) is 3. The Morgan fingerprint density at radius 1 is 1.33 bits per heavy atom. The third-order valence-electron chi connectivity index (χ3n) is 5.89. The van der Waals surface area contributed by atoms with Gasteiger partial charge in [0, 0.05) is 21.5 Å². The van der Waals surface area contributed by atoms with Crippen molar-refractivity contribution in [2.45, 2.75) is 46.2 Å². The molecule has 0 bridgehead atoms. The fraction of sp³-hybridized carbons (Fsp3) is 0.391. The molecule has 4 rings (SSSR count). The lowest BCUT2D eigenvalue weighted by atomic mass is 10.2. The summed E-state index contributed by atoms with van der Waals surface area (Å²) in [6.07, 6.45) is 3.79. The fourth-order valence-corrected chi connectivity index (χ4v) is 5.26. The van der Waals surface area contributed by atoms with Gasteiger partial charge in [-0.15, -0.1) is 11.3 Å². The van der Waals surface area contributed by atoms with Crippen LogP contribution in [0.15, 0.2) is 34.9 Å². The lowest BCUT2D eigenvalue weighted by molar-refractivity contribution is -0.117. The smallest absolute Gasteiger partial charge is 0.239 e. The summed E-state index contributed by atoms with van der Waals surface area (Å²) in [5.41, 5.74) is 2.35. The number of nitriles is 1. The monoisotopic (exact) mass is 422 g/mol. The Bertz CT molecular complexity index is 1090. The SMILES string of the molecule is Cc1ccc(C2CCCN2CC(=O)Nc2c(C#N)c(C)c(C)n2Cc2ccco2)s1. The van der Waals surface area contributed by atoms with Crippen LogP contribution in [-0.2, 0) is 11.3 Å². The van der Waals surface area contributed by atoms with Crippen LogP contribution in [0, 0.1) is 32.1 Å². The molecule has 1 N–H and O–H groups in total. The van der Waals surface area contributed by atoms with Crippen molar-refractivity contribution >= 4 is 23.1 Å². The first kappa shape index (κ1) is 20.5. The van der Waals surface area contributed by atoms with Gasteiger partial charge >= 0.3 is 0 Å². The number of thiophene rings is 1. The number of furan rings is 1. The minimum absolute atomic E-state index is 0.0927. The Hall–Kier alpha value is -2.82. The summed E-state index contributed by atoms with van der Waals surface area (Å²) in [4.78, 5) is 17.9. The summed E-state index contributed by atoms with van der Waals surface area (Å²) in [7, 11) is 0. The quantitative estimate of drug-likeness (QED) is 0.621. The van der Waals surface area contributed by atoms with Gasteiger partial charge in [0.15, 0.2) is 0 Å². The summed E-state index contributed by atoms with van der Waals surface area (Å²) in [5.74, 6) is 1.24. The van der Waals surface area contributed by atoms with E-state index in [4.69, 9.17) is 4.42 Å². The van der Waals surface area contributed by atoms with Gasteiger partial charge in [0.25, 0.3) is 0 Å². The van der Waals surface area contributed by atoms with Crippen LogP contribution in [0.5, 0.6) is 0 Å². The number of rotatable bonds is 6. The molecule has 3 aromatic rings. The van der Waals surface area contributed by atoms with E-state index >= 15 is 0 Å². The van der Waals surface area contributed by atoms with Crippen molar-refractivity contribution in [3.05, 3.63) is 62.9 Å². The number of anilines is 1. The van der Waals surface area contributed by atoms with Gasteiger partial charge in [-0.2, -0.15) is 5.26 Å². The standard InChI is InChI=1S/C23H26N4O2S/c1-15-8-9-21(30-15)20-7-4-10-26(20)14-22(28)25-23-19(12-24)16(2)17(3)27(23)13-18-6-5-11-29-18/h5-6,8-9,11,20H,4,7,10,13-14H2,1-3H3,(H,25,28). The second-order valence-corrected chi connectivity index (χ2v) is 9.16. The van der Waals surface area contributed by atoms with Crippen LogP contribution in [0.4, 0.5) is 5.82 Å². The van der Waals surface area contributed by atoms with Crippen LogP contribution >= 0.6 is 11.3 Å². The fourth-order valence-electron chi connectivity index (χ4n) is 4.21. The summed E-state index contributed by atoms with van der Waals surface area (Å²) in [5, 5.41) is 12.7. The molecule has 0 radical (unpaired) electrons. The zero-order valence-electron chi connectivity index (χ0n) is 17.6. The average molecular weight is 423 g/mol. The highest BCUT2D eigenvalue weighted by Gasteiger charge is 2.29. The Morgan fingerprint density at radius 2 is 2.17 bits per heavy atom. The second kappa shape index (κ2) is 8.50. The van der Waals surface area contributed by atoms with Gasteiger partial charge in [-0.05, 0) is 70.0 Å². The van der Waals surface area contributed by atoms with Crippen LogP contribution in [-0.4, -0.2) is 28.5 Å². The van der Waals surface area contributed by atoms with Crippen LogP contribution in [0.2, 0.25) is 0 Å². The summed E-state index contributed by atoms with van der Waals surface area (Å²) < 4.78 is 7.44. The van der Waals surface area contributed by atoms with E-state index in [1.807, 2.05) is 30.5 Å². The predicted octanol–water partition coefficient (Wildman–Crippen LogP) is 4.76. The number of hydrogen-bond acceptors (Lipinski definition) is 5. The number of carbonyl (C=O) groups excluding carboxylic acids is 1. The highest BCUT2D eigenvalue weighted by atomic mass is 32.1. The van der Waals surface area contributed by atoms with Crippen molar-refractivity contribution in [3.8, 4) is 6.07 Å². The van der Waals surface area contributed by atoms with E-state index in [0.717, 1.165) is 36.4 Å². The molecular formula is C23H26N4O2S. The Morgan fingerprint density at radius 3 is 2.83 bits per heavy atom. The molecule has 1 aliphatic heterocycles. The van der Waals surface area contributed by atoms with E-state index in [0.29, 0.717) is 30.5 Å². The molecule has 30 heavy (non-hydrogen) atoms. The first-order valence-electron chi connectivity index (χ1n) is 10.2. The van der Waals surface area contributed by atoms with E-state index in [9.17, 15) is 10.1 Å². The topological polar surface area (TPSA) is 74.2 Å². The Balaban J connectivity index is 1.54. The molecule has 0 saturated carbocycles. The molecule has 6 nitrogen and oxygen atoms in total. The highest BCUT2D eigenvalue weighted by molar-refractivity contribution is 7.12. The van der Waals surface area contributed by atoms with E-state index < -0.39 is 0 Å². The third kappa shape index (κ3) is 3.93. The number of aromatic nitrogens is 1.